The van der Waals surface area contributed by atoms with Crippen LogP contribution in [0.4, 0.5) is 11.4 Å². The number of nitrogens with two attached hydrogens (primary N) is 2. The molecular weight excluding hydrogens is 250 g/mol. The van der Waals surface area contributed by atoms with E-state index in [9.17, 15) is 4.79 Å². The van der Waals surface area contributed by atoms with Crippen molar-refractivity contribution in [3.63, 3.8) is 0 Å². The van der Waals surface area contributed by atoms with Gasteiger partial charge in [-0.05, 0) is 30.2 Å². The van der Waals surface area contributed by atoms with E-state index in [-0.39, 0.29) is 0 Å². The van der Waals surface area contributed by atoms with Crippen LogP contribution in [0.2, 0.25) is 0 Å². The highest BCUT2D eigenvalue weighted by Crippen LogP contribution is 2.43. The van der Waals surface area contributed by atoms with Crippen molar-refractivity contribution in [1.82, 2.24) is 0 Å². The summed E-state index contributed by atoms with van der Waals surface area (Å²) in [5.74, 6) is 0.0335. The third-order valence-corrected chi connectivity index (χ3v) is 3.67. The van der Waals surface area contributed by atoms with Gasteiger partial charge in [0.1, 0.15) is 0 Å². The third kappa shape index (κ3) is 2.45. The van der Waals surface area contributed by atoms with Crippen LogP contribution in [0.3, 0.4) is 0 Å². The van der Waals surface area contributed by atoms with Gasteiger partial charge in [0.2, 0.25) is 0 Å². The molecule has 2 unspecified atom stereocenters. The molecule has 4 nitrogen and oxygen atoms in total. The van der Waals surface area contributed by atoms with Gasteiger partial charge in [0, 0.05) is 23.3 Å². The van der Waals surface area contributed by atoms with Gasteiger partial charge in [-0.15, -0.1) is 0 Å². The van der Waals surface area contributed by atoms with E-state index >= 15 is 0 Å². The highest BCUT2D eigenvalue weighted by Gasteiger charge is 2.38. The molecule has 2 aromatic rings. The average Bonchev–Trinajstić information content (AvgIpc) is 3.21. The number of nitrogens with one attached hydrogen (secondary N) is 1. The standard InChI is InChI=1S/C16H17N3O/c17-11-6-7-14(13(8-11)16(18)20)19-15-9-12(15)10-4-2-1-3-5-10/h1-8,12,15,19H,9,17H2,(H2,18,20). The molecule has 0 aromatic heterocycles. The van der Waals surface area contributed by atoms with E-state index in [0.717, 1.165) is 12.1 Å². The molecule has 1 aliphatic rings. The van der Waals surface area contributed by atoms with Crippen molar-refractivity contribution in [2.24, 2.45) is 5.73 Å². The molecule has 2 aromatic carbocycles. The summed E-state index contributed by atoms with van der Waals surface area (Å²) in [4.78, 5) is 11.5. The normalized spacial score (nSPS) is 20.4. The number of hydrogen-bond acceptors (Lipinski definition) is 3. The number of amides is 1. The molecule has 20 heavy (non-hydrogen) atoms. The van der Waals surface area contributed by atoms with E-state index in [1.165, 1.54) is 5.56 Å². The summed E-state index contributed by atoms with van der Waals surface area (Å²) in [7, 11) is 0. The number of carbonyl (C=O) groups is 1. The first-order chi connectivity index (χ1) is 9.65. The minimum atomic E-state index is -0.461. The number of benzene rings is 2. The fourth-order valence-electron chi connectivity index (χ4n) is 2.51. The van der Waals surface area contributed by atoms with Crippen molar-refractivity contribution in [2.75, 3.05) is 11.1 Å². The Morgan fingerprint density at radius 3 is 2.60 bits per heavy atom. The van der Waals surface area contributed by atoms with Crippen LogP contribution in [-0.2, 0) is 0 Å². The van der Waals surface area contributed by atoms with Crippen LogP contribution in [0.1, 0.15) is 28.3 Å². The van der Waals surface area contributed by atoms with Crippen molar-refractivity contribution < 1.29 is 4.79 Å². The Kier molecular flexibility index (Phi) is 3.06. The van der Waals surface area contributed by atoms with Gasteiger partial charge in [0.25, 0.3) is 5.91 Å². The molecule has 2 atom stereocenters. The van der Waals surface area contributed by atoms with Gasteiger partial charge in [-0.25, -0.2) is 0 Å². The van der Waals surface area contributed by atoms with Crippen LogP contribution in [0, 0.1) is 0 Å². The van der Waals surface area contributed by atoms with E-state index in [2.05, 4.69) is 17.4 Å². The van der Waals surface area contributed by atoms with E-state index < -0.39 is 5.91 Å². The maximum absolute atomic E-state index is 11.5. The lowest BCUT2D eigenvalue weighted by molar-refractivity contribution is 0.100. The van der Waals surface area contributed by atoms with E-state index in [4.69, 9.17) is 11.5 Å². The van der Waals surface area contributed by atoms with Crippen molar-refractivity contribution in [3.8, 4) is 0 Å². The summed E-state index contributed by atoms with van der Waals surface area (Å²) in [6, 6.07) is 15.9. The van der Waals surface area contributed by atoms with E-state index in [1.54, 1.807) is 12.1 Å². The minimum Gasteiger partial charge on any atom is -0.399 e. The molecule has 0 saturated heterocycles. The molecule has 5 N–H and O–H groups in total. The molecule has 1 amide bonds. The largest absolute Gasteiger partial charge is 0.399 e. The molecule has 1 fully saturated rings. The zero-order chi connectivity index (χ0) is 14.1. The first-order valence-electron chi connectivity index (χ1n) is 6.66. The maximum Gasteiger partial charge on any atom is 0.250 e. The monoisotopic (exact) mass is 267 g/mol. The van der Waals surface area contributed by atoms with Gasteiger partial charge in [-0.2, -0.15) is 0 Å². The molecular formula is C16H17N3O. The topological polar surface area (TPSA) is 81.1 Å². The third-order valence-electron chi connectivity index (χ3n) is 3.67. The summed E-state index contributed by atoms with van der Waals surface area (Å²) in [6.45, 7) is 0. The predicted octanol–water partition coefficient (Wildman–Crippen LogP) is 2.34. The van der Waals surface area contributed by atoms with Gasteiger partial charge in [-0.1, -0.05) is 30.3 Å². The Balaban J connectivity index is 1.76. The summed E-state index contributed by atoms with van der Waals surface area (Å²) < 4.78 is 0. The minimum absolute atomic E-state index is 0.346. The first kappa shape index (κ1) is 12.5. The van der Waals surface area contributed by atoms with Gasteiger partial charge in [0.05, 0.1) is 5.56 Å². The number of primary amides is 1. The van der Waals surface area contributed by atoms with Gasteiger partial charge in [0.15, 0.2) is 0 Å². The smallest absolute Gasteiger partial charge is 0.250 e. The number of nitrogen functional groups attached to an aromatic ring is 1. The van der Waals surface area contributed by atoms with Crippen LogP contribution in [0.25, 0.3) is 0 Å². The van der Waals surface area contributed by atoms with Crippen LogP contribution in [0.5, 0.6) is 0 Å². The molecule has 0 spiro atoms. The first-order valence-corrected chi connectivity index (χ1v) is 6.66. The number of rotatable bonds is 4. The van der Waals surface area contributed by atoms with Crippen molar-refractivity contribution in [1.29, 1.82) is 0 Å². The van der Waals surface area contributed by atoms with Crippen molar-refractivity contribution in [2.45, 2.75) is 18.4 Å². The number of hydrogen-bond donors (Lipinski definition) is 3. The summed E-state index contributed by atoms with van der Waals surface area (Å²) >= 11 is 0. The molecule has 4 heteroatoms. The zero-order valence-electron chi connectivity index (χ0n) is 11.0. The van der Waals surface area contributed by atoms with E-state index in [0.29, 0.717) is 23.2 Å². The Labute approximate surface area is 117 Å². The van der Waals surface area contributed by atoms with Crippen LogP contribution in [0.15, 0.2) is 48.5 Å². The lowest BCUT2D eigenvalue weighted by Crippen LogP contribution is -2.16. The quantitative estimate of drug-likeness (QED) is 0.744. The predicted molar refractivity (Wildman–Crippen MR) is 80.6 cm³/mol. The molecule has 1 saturated carbocycles. The SMILES string of the molecule is NC(=O)c1cc(N)ccc1NC1CC1c1ccccc1. The molecule has 102 valence electrons. The van der Waals surface area contributed by atoms with Crippen LogP contribution >= 0.6 is 0 Å². The highest BCUT2D eigenvalue weighted by molar-refractivity contribution is 5.99. The second-order valence-corrected chi connectivity index (χ2v) is 5.17. The second kappa shape index (κ2) is 4.89. The Morgan fingerprint density at radius 1 is 1.15 bits per heavy atom. The van der Waals surface area contributed by atoms with Crippen LogP contribution in [-0.4, -0.2) is 11.9 Å². The molecule has 0 radical (unpaired) electrons. The Morgan fingerprint density at radius 2 is 1.90 bits per heavy atom. The molecule has 0 heterocycles. The Hall–Kier alpha value is -2.49. The van der Waals surface area contributed by atoms with Gasteiger partial charge >= 0.3 is 0 Å². The number of carbonyl (C=O) groups excluding carboxylic acids is 1. The van der Waals surface area contributed by atoms with Crippen molar-refractivity contribution >= 4 is 17.3 Å². The Bertz CT molecular complexity index is 639. The maximum atomic E-state index is 11.5. The van der Waals surface area contributed by atoms with Gasteiger partial charge < -0.3 is 16.8 Å². The summed E-state index contributed by atoms with van der Waals surface area (Å²) in [6.07, 6.45) is 1.06. The fourth-order valence-corrected chi connectivity index (χ4v) is 2.51. The molecule has 1 aliphatic carbocycles. The summed E-state index contributed by atoms with van der Waals surface area (Å²) in [5.41, 5.74) is 14.2. The van der Waals surface area contributed by atoms with Gasteiger partial charge in [-0.3, -0.25) is 4.79 Å². The lowest BCUT2D eigenvalue weighted by Gasteiger charge is -2.10. The van der Waals surface area contributed by atoms with Crippen LogP contribution < -0.4 is 16.8 Å². The molecule has 0 bridgehead atoms. The highest BCUT2D eigenvalue weighted by atomic mass is 16.1. The molecule has 3 rings (SSSR count). The summed E-state index contributed by atoms with van der Waals surface area (Å²) in [5, 5.41) is 3.39. The molecule has 0 aliphatic heterocycles. The lowest BCUT2D eigenvalue weighted by atomic mass is 10.1. The fraction of sp³-hybridized carbons (Fsp3) is 0.188. The number of anilines is 2. The van der Waals surface area contributed by atoms with Crippen molar-refractivity contribution in [3.05, 3.63) is 59.7 Å². The zero-order valence-corrected chi connectivity index (χ0v) is 11.0. The van der Waals surface area contributed by atoms with E-state index in [1.807, 2.05) is 24.3 Å². The second-order valence-electron chi connectivity index (χ2n) is 5.17. The average molecular weight is 267 g/mol.